The maximum Gasteiger partial charge on any atom is 0.257 e. The highest BCUT2D eigenvalue weighted by molar-refractivity contribution is 6.31. The molecule has 7 heteroatoms. The molecular formula is C34H27NO6. The average molecular weight is 546 g/mol. The van der Waals surface area contributed by atoms with Crippen LogP contribution in [0.2, 0.25) is 0 Å². The van der Waals surface area contributed by atoms with Gasteiger partial charge < -0.3 is 5.11 Å². The van der Waals surface area contributed by atoms with Crippen molar-refractivity contribution in [2.75, 3.05) is 0 Å². The van der Waals surface area contributed by atoms with Crippen molar-refractivity contribution in [1.29, 1.82) is 0 Å². The van der Waals surface area contributed by atoms with Crippen LogP contribution in [0.3, 0.4) is 0 Å². The SMILES string of the molecule is O=C1C(c2ccccc2)=CC(=O)[C@@]2(c3ccccc3)[C@@H](c3cccc(O)c3)C3=CC[C@@H]4C(=O)N(O)C(=O)[C@@H]4[C@@H]3C[C@@H]12. The first-order chi connectivity index (χ1) is 19.8. The lowest BCUT2D eigenvalue weighted by molar-refractivity contribution is -0.173. The van der Waals surface area contributed by atoms with Crippen LogP contribution >= 0.6 is 0 Å². The summed E-state index contributed by atoms with van der Waals surface area (Å²) in [6.07, 6.45) is 3.78. The highest BCUT2D eigenvalue weighted by Gasteiger charge is 2.65. The van der Waals surface area contributed by atoms with Gasteiger partial charge in [0, 0.05) is 17.4 Å². The lowest BCUT2D eigenvalue weighted by Gasteiger charge is -2.55. The summed E-state index contributed by atoms with van der Waals surface area (Å²) in [6.45, 7) is 0. The van der Waals surface area contributed by atoms with Crippen molar-refractivity contribution < 1.29 is 29.5 Å². The van der Waals surface area contributed by atoms with Gasteiger partial charge in [0.1, 0.15) is 5.75 Å². The van der Waals surface area contributed by atoms with Crippen molar-refractivity contribution in [2.24, 2.45) is 23.7 Å². The summed E-state index contributed by atoms with van der Waals surface area (Å²) in [7, 11) is 0. The van der Waals surface area contributed by atoms with Gasteiger partial charge in [-0.1, -0.05) is 84.4 Å². The van der Waals surface area contributed by atoms with E-state index in [4.69, 9.17) is 0 Å². The van der Waals surface area contributed by atoms with E-state index >= 15 is 0 Å². The Balaban J connectivity index is 1.52. The van der Waals surface area contributed by atoms with Crippen LogP contribution in [-0.2, 0) is 24.6 Å². The summed E-state index contributed by atoms with van der Waals surface area (Å²) in [6, 6.07) is 25.0. The number of hydrogen-bond donors (Lipinski definition) is 2. The number of amides is 2. The average Bonchev–Trinajstić information content (AvgIpc) is 3.22. The summed E-state index contributed by atoms with van der Waals surface area (Å²) in [5.74, 6) is -5.40. The van der Waals surface area contributed by atoms with E-state index in [-0.39, 0.29) is 35.2 Å². The topological polar surface area (TPSA) is 112 Å². The number of hydroxylamine groups is 2. The van der Waals surface area contributed by atoms with Crippen LogP contribution in [0, 0.1) is 23.7 Å². The molecule has 7 rings (SSSR count). The second-order valence-corrected chi connectivity index (χ2v) is 11.4. The Kier molecular flexibility index (Phi) is 5.70. The summed E-state index contributed by atoms with van der Waals surface area (Å²) >= 11 is 0. The summed E-state index contributed by atoms with van der Waals surface area (Å²) in [4.78, 5) is 55.4. The van der Waals surface area contributed by atoms with Gasteiger partial charge in [-0.05, 0) is 53.7 Å². The number of benzene rings is 3. The monoisotopic (exact) mass is 545 g/mol. The Labute approximate surface area is 236 Å². The van der Waals surface area contributed by atoms with E-state index in [1.54, 1.807) is 30.3 Å². The zero-order valence-electron chi connectivity index (χ0n) is 22.0. The minimum atomic E-state index is -1.34. The van der Waals surface area contributed by atoms with E-state index in [1.807, 2.05) is 60.7 Å². The number of carbonyl (C=O) groups excluding carboxylic acids is 4. The molecule has 41 heavy (non-hydrogen) atoms. The number of hydrogen-bond acceptors (Lipinski definition) is 6. The molecule has 4 aliphatic rings. The van der Waals surface area contributed by atoms with Crippen molar-refractivity contribution in [2.45, 2.75) is 24.2 Å². The number of Topliss-reactive ketones (excluding diaryl/α,β-unsaturated/α-hetero) is 1. The van der Waals surface area contributed by atoms with Gasteiger partial charge in [0.15, 0.2) is 11.6 Å². The van der Waals surface area contributed by atoms with Gasteiger partial charge in [0.2, 0.25) is 0 Å². The van der Waals surface area contributed by atoms with Gasteiger partial charge >= 0.3 is 0 Å². The molecule has 0 radical (unpaired) electrons. The number of aromatic hydroxyl groups is 1. The molecule has 2 fully saturated rings. The number of imide groups is 1. The molecule has 1 saturated heterocycles. The molecule has 0 bridgehead atoms. The second kappa shape index (κ2) is 9.21. The van der Waals surface area contributed by atoms with Crippen LogP contribution in [0.15, 0.2) is 103 Å². The van der Waals surface area contributed by atoms with E-state index in [2.05, 4.69) is 0 Å². The number of rotatable bonds is 3. The summed E-state index contributed by atoms with van der Waals surface area (Å²) in [5, 5.41) is 21.1. The number of nitrogens with zero attached hydrogens (tertiary/aromatic N) is 1. The number of fused-ring (bicyclic) bond motifs is 4. The Hall–Kier alpha value is -4.62. The van der Waals surface area contributed by atoms with Gasteiger partial charge in [-0.25, -0.2) is 0 Å². The van der Waals surface area contributed by atoms with E-state index in [1.165, 1.54) is 6.08 Å². The van der Waals surface area contributed by atoms with Gasteiger partial charge in [-0.3, -0.25) is 24.4 Å². The van der Waals surface area contributed by atoms with Crippen LogP contribution in [0.1, 0.15) is 35.4 Å². The van der Waals surface area contributed by atoms with Gasteiger partial charge in [0.25, 0.3) is 11.8 Å². The first-order valence-electron chi connectivity index (χ1n) is 13.8. The van der Waals surface area contributed by atoms with Crippen LogP contribution in [0.25, 0.3) is 5.57 Å². The third-order valence-corrected chi connectivity index (χ3v) is 9.56. The molecular weight excluding hydrogens is 518 g/mol. The van der Waals surface area contributed by atoms with Crippen LogP contribution < -0.4 is 0 Å². The third-order valence-electron chi connectivity index (χ3n) is 9.56. The predicted octanol–water partition coefficient (Wildman–Crippen LogP) is 4.61. The van der Waals surface area contributed by atoms with Gasteiger partial charge in [-0.15, -0.1) is 0 Å². The number of allylic oxidation sites excluding steroid dienone is 4. The minimum Gasteiger partial charge on any atom is -0.508 e. The zero-order chi connectivity index (χ0) is 28.5. The number of phenols is 1. The van der Waals surface area contributed by atoms with Crippen molar-refractivity contribution in [3.8, 4) is 5.75 Å². The van der Waals surface area contributed by atoms with Crippen molar-refractivity contribution in [3.63, 3.8) is 0 Å². The molecule has 0 unspecified atom stereocenters. The summed E-state index contributed by atoms with van der Waals surface area (Å²) < 4.78 is 0. The molecule has 1 heterocycles. The Morgan fingerprint density at radius 3 is 2.22 bits per heavy atom. The Morgan fingerprint density at radius 1 is 0.805 bits per heavy atom. The van der Waals surface area contributed by atoms with Gasteiger partial charge in [-0.2, -0.15) is 5.06 Å². The lowest BCUT2D eigenvalue weighted by atomic mass is 9.44. The van der Waals surface area contributed by atoms with E-state index < -0.39 is 46.8 Å². The Bertz CT molecular complexity index is 1680. The van der Waals surface area contributed by atoms with Crippen molar-refractivity contribution in [1.82, 2.24) is 5.06 Å². The third kappa shape index (κ3) is 3.48. The number of phenolic OH excluding ortho intramolecular Hbond substituents is 1. The fourth-order valence-electron chi connectivity index (χ4n) is 7.94. The molecule has 3 aromatic carbocycles. The molecule has 7 nitrogen and oxygen atoms in total. The maximum absolute atomic E-state index is 14.7. The second-order valence-electron chi connectivity index (χ2n) is 11.4. The maximum atomic E-state index is 14.7. The first kappa shape index (κ1) is 25.4. The molecule has 1 saturated carbocycles. The Morgan fingerprint density at radius 2 is 1.51 bits per heavy atom. The van der Waals surface area contributed by atoms with Crippen LogP contribution in [-0.4, -0.2) is 38.8 Å². The van der Waals surface area contributed by atoms with Crippen LogP contribution in [0.5, 0.6) is 5.75 Å². The molecule has 0 spiro atoms. The predicted molar refractivity (Wildman–Crippen MR) is 148 cm³/mol. The molecule has 3 aliphatic carbocycles. The minimum absolute atomic E-state index is 0.0161. The van der Waals surface area contributed by atoms with Crippen LogP contribution in [0.4, 0.5) is 0 Å². The molecule has 0 aromatic heterocycles. The molecule has 6 atom stereocenters. The smallest absolute Gasteiger partial charge is 0.257 e. The number of ketones is 2. The van der Waals surface area contributed by atoms with E-state index in [9.17, 15) is 29.5 Å². The molecule has 204 valence electrons. The van der Waals surface area contributed by atoms with E-state index in [0.29, 0.717) is 22.3 Å². The van der Waals surface area contributed by atoms with Gasteiger partial charge in [0.05, 0.1) is 17.3 Å². The fourth-order valence-corrected chi connectivity index (χ4v) is 7.94. The normalized spacial score (nSPS) is 30.8. The fraction of sp³-hybridized carbons (Fsp3) is 0.235. The highest BCUT2D eigenvalue weighted by atomic mass is 16.5. The number of carbonyl (C=O) groups is 4. The largest absolute Gasteiger partial charge is 0.508 e. The first-order valence-corrected chi connectivity index (χ1v) is 13.8. The molecule has 2 amide bonds. The standard InChI is InChI=1S/C34H27NO6/c36-22-13-7-10-20(16-22)30-23-14-15-24-29(33(40)35(41)32(24)39)26(23)17-27-31(38)25(19-8-3-1-4-9-19)18-28(37)34(27,30)21-11-5-2-6-12-21/h1-14,16,18,24,26-27,29-30,36,41H,15,17H2/t24-,26+,27-,29-,30-,34-/m0/s1. The molecule has 1 aliphatic heterocycles. The van der Waals surface area contributed by atoms with Crippen molar-refractivity contribution >= 4 is 29.0 Å². The summed E-state index contributed by atoms with van der Waals surface area (Å²) in [5.41, 5.74) is 1.72. The van der Waals surface area contributed by atoms with Crippen molar-refractivity contribution in [3.05, 3.63) is 119 Å². The quantitative estimate of drug-likeness (QED) is 0.283. The molecule has 2 N–H and O–H groups in total. The highest BCUT2D eigenvalue weighted by Crippen LogP contribution is 2.63. The van der Waals surface area contributed by atoms with E-state index in [0.717, 1.165) is 5.57 Å². The lowest BCUT2D eigenvalue weighted by Crippen LogP contribution is -2.58. The zero-order valence-corrected chi connectivity index (χ0v) is 22.0. The molecule has 3 aromatic rings.